The predicted molar refractivity (Wildman–Crippen MR) is 62.0 cm³/mol. The molecule has 1 aromatic rings. The van der Waals surface area contributed by atoms with Crippen molar-refractivity contribution >= 4 is 0 Å². The Kier molecular flexibility index (Phi) is 2.80. The zero-order valence-electron chi connectivity index (χ0n) is 9.99. The first-order valence-electron chi connectivity index (χ1n) is 5.55. The van der Waals surface area contributed by atoms with Crippen molar-refractivity contribution in [3.8, 4) is 11.5 Å². The molecule has 1 fully saturated rings. The summed E-state index contributed by atoms with van der Waals surface area (Å²) in [5.41, 5.74) is 0.821. The maximum absolute atomic E-state index is 9.78. The van der Waals surface area contributed by atoms with Crippen molar-refractivity contribution in [1.29, 1.82) is 0 Å². The van der Waals surface area contributed by atoms with Gasteiger partial charge in [0, 0.05) is 5.56 Å². The number of epoxide rings is 1. The Morgan fingerprint density at radius 2 is 2.12 bits per heavy atom. The van der Waals surface area contributed by atoms with Crippen LogP contribution in [0.15, 0.2) is 18.2 Å². The molecule has 0 aromatic heterocycles. The van der Waals surface area contributed by atoms with Crippen LogP contribution in [0, 0.1) is 0 Å². The zero-order valence-corrected chi connectivity index (χ0v) is 9.99. The summed E-state index contributed by atoms with van der Waals surface area (Å²) in [4.78, 5) is 0. The molecule has 2 rings (SSSR count). The summed E-state index contributed by atoms with van der Waals surface area (Å²) in [5, 5.41) is 9.78. The summed E-state index contributed by atoms with van der Waals surface area (Å²) < 4.78 is 10.7. The molecule has 3 heteroatoms. The standard InChI is InChI=1S/C13H18O3/c1-13(2,3)11-6-9(4-5-12(11)14)15-7-10-8-16-10/h4-6,10,14H,7-8H2,1-3H3. The lowest BCUT2D eigenvalue weighted by molar-refractivity contribution is 0.262. The van der Waals surface area contributed by atoms with E-state index in [0.29, 0.717) is 12.4 Å². The molecule has 88 valence electrons. The molecule has 0 bridgehead atoms. The van der Waals surface area contributed by atoms with Gasteiger partial charge in [-0.25, -0.2) is 0 Å². The van der Waals surface area contributed by atoms with Crippen LogP contribution in [0.4, 0.5) is 0 Å². The smallest absolute Gasteiger partial charge is 0.120 e. The van der Waals surface area contributed by atoms with E-state index in [4.69, 9.17) is 9.47 Å². The predicted octanol–water partition coefficient (Wildman–Crippen LogP) is 2.47. The molecule has 0 saturated carbocycles. The molecule has 1 saturated heterocycles. The molecule has 1 aliphatic heterocycles. The van der Waals surface area contributed by atoms with Gasteiger partial charge in [-0.05, 0) is 23.6 Å². The van der Waals surface area contributed by atoms with Gasteiger partial charge in [0.1, 0.15) is 24.2 Å². The molecular formula is C13H18O3. The largest absolute Gasteiger partial charge is 0.508 e. The second kappa shape index (κ2) is 3.98. The van der Waals surface area contributed by atoms with Gasteiger partial charge in [-0.3, -0.25) is 0 Å². The highest BCUT2D eigenvalue weighted by molar-refractivity contribution is 5.43. The maximum atomic E-state index is 9.78. The van der Waals surface area contributed by atoms with Crippen molar-refractivity contribution in [3.05, 3.63) is 23.8 Å². The molecule has 1 heterocycles. The van der Waals surface area contributed by atoms with Crippen LogP contribution in [-0.2, 0) is 10.2 Å². The summed E-state index contributed by atoms with van der Waals surface area (Å²) in [6.07, 6.45) is 0.256. The molecule has 16 heavy (non-hydrogen) atoms. The number of ether oxygens (including phenoxy) is 2. The van der Waals surface area contributed by atoms with E-state index < -0.39 is 0 Å². The van der Waals surface area contributed by atoms with Crippen molar-refractivity contribution in [2.45, 2.75) is 32.3 Å². The second-order valence-corrected chi connectivity index (χ2v) is 5.20. The SMILES string of the molecule is CC(C)(C)c1cc(OCC2CO2)ccc1O. The fourth-order valence-corrected chi connectivity index (χ4v) is 1.56. The molecule has 1 aliphatic rings. The minimum atomic E-state index is -0.0838. The lowest BCUT2D eigenvalue weighted by Crippen LogP contribution is -2.12. The van der Waals surface area contributed by atoms with Gasteiger partial charge < -0.3 is 14.6 Å². The number of rotatable bonds is 3. The van der Waals surface area contributed by atoms with Crippen molar-refractivity contribution in [1.82, 2.24) is 0 Å². The lowest BCUT2D eigenvalue weighted by Gasteiger charge is -2.21. The van der Waals surface area contributed by atoms with Gasteiger partial charge in [0.15, 0.2) is 0 Å². The molecule has 0 aliphatic carbocycles. The van der Waals surface area contributed by atoms with Crippen molar-refractivity contribution in [2.24, 2.45) is 0 Å². The topological polar surface area (TPSA) is 42.0 Å². The van der Waals surface area contributed by atoms with Crippen molar-refractivity contribution in [2.75, 3.05) is 13.2 Å². The molecule has 1 N–H and O–H groups in total. The third-order valence-electron chi connectivity index (χ3n) is 2.61. The van der Waals surface area contributed by atoms with E-state index in [1.165, 1.54) is 0 Å². The van der Waals surface area contributed by atoms with Gasteiger partial charge in [0.05, 0.1) is 6.61 Å². The Bertz CT molecular complexity index is 375. The van der Waals surface area contributed by atoms with Gasteiger partial charge in [-0.15, -0.1) is 0 Å². The highest BCUT2D eigenvalue weighted by atomic mass is 16.6. The maximum Gasteiger partial charge on any atom is 0.120 e. The van der Waals surface area contributed by atoms with Crippen LogP contribution >= 0.6 is 0 Å². The Balaban J connectivity index is 2.13. The number of hydrogen-bond acceptors (Lipinski definition) is 3. The van der Waals surface area contributed by atoms with Gasteiger partial charge in [0.2, 0.25) is 0 Å². The van der Waals surface area contributed by atoms with E-state index in [0.717, 1.165) is 17.9 Å². The third-order valence-corrected chi connectivity index (χ3v) is 2.61. The molecule has 1 unspecified atom stereocenters. The summed E-state index contributed by atoms with van der Waals surface area (Å²) in [7, 11) is 0. The number of aromatic hydroxyl groups is 1. The summed E-state index contributed by atoms with van der Waals surface area (Å²) in [6.45, 7) is 7.58. The van der Waals surface area contributed by atoms with Crippen LogP contribution < -0.4 is 4.74 Å². The highest BCUT2D eigenvalue weighted by Gasteiger charge is 2.24. The first kappa shape index (κ1) is 11.3. The van der Waals surface area contributed by atoms with E-state index in [1.54, 1.807) is 12.1 Å². The Morgan fingerprint density at radius 1 is 1.44 bits per heavy atom. The number of phenols is 1. The first-order valence-corrected chi connectivity index (χ1v) is 5.55. The van der Waals surface area contributed by atoms with Crippen LogP contribution in [-0.4, -0.2) is 24.4 Å². The highest BCUT2D eigenvalue weighted by Crippen LogP contribution is 2.33. The fraction of sp³-hybridized carbons (Fsp3) is 0.538. The summed E-state index contributed by atoms with van der Waals surface area (Å²) in [6, 6.07) is 5.37. The number of phenolic OH excluding ortho intramolecular Hbond substituents is 1. The second-order valence-electron chi connectivity index (χ2n) is 5.20. The molecule has 1 atom stereocenters. The van der Waals surface area contributed by atoms with Gasteiger partial charge in [0.25, 0.3) is 0 Å². The minimum Gasteiger partial charge on any atom is -0.508 e. The molecular weight excluding hydrogens is 204 g/mol. The van der Waals surface area contributed by atoms with Crippen LogP contribution in [0.2, 0.25) is 0 Å². The van der Waals surface area contributed by atoms with Gasteiger partial charge >= 0.3 is 0 Å². The first-order chi connectivity index (χ1) is 7.47. The average Bonchev–Trinajstić information content (AvgIpc) is 2.98. The third kappa shape index (κ3) is 2.67. The van der Waals surface area contributed by atoms with Crippen molar-refractivity contribution < 1.29 is 14.6 Å². The summed E-state index contributed by atoms with van der Waals surface area (Å²) >= 11 is 0. The zero-order chi connectivity index (χ0) is 11.8. The van der Waals surface area contributed by atoms with Gasteiger partial charge in [-0.1, -0.05) is 20.8 Å². The fourth-order valence-electron chi connectivity index (χ4n) is 1.56. The van der Waals surface area contributed by atoms with Crippen LogP contribution in [0.5, 0.6) is 11.5 Å². The number of hydrogen-bond donors (Lipinski definition) is 1. The molecule has 1 aromatic carbocycles. The van der Waals surface area contributed by atoms with E-state index in [1.807, 2.05) is 6.07 Å². The van der Waals surface area contributed by atoms with Gasteiger partial charge in [-0.2, -0.15) is 0 Å². The quantitative estimate of drug-likeness (QED) is 0.799. The Labute approximate surface area is 96.0 Å². The summed E-state index contributed by atoms with van der Waals surface area (Å²) in [5.74, 6) is 1.11. The van der Waals surface area contributed by atoms with E-state index in [-0.39, 0.29) is 11.5 Å². The number of benzene rings is 1. The van der Waals surface area contributed by atoms with E-state index in [2.05, 4.69) is 20.8 Å². The molecule has 0 spiro atoms. The monoisotopic (exact) mass is 222 g/mol. The molecule has 0 radical (unpaired) electrons. The Morgan fingerprint density at radius 3 is 2.69 bits per heavy atom. The van der Waals surface area contributed by atoms with E-state index >= 15 is 0 Å². The van der Waals surface area contributed by atoms with E-state index in [9.17, 15) is 5.11 Å². The van der Waals surface area contributed by atoms with Crippen LogP contribution in [0.1, 0.15) is 26.3 Å². The molecule has 3 nitrogen and oxygen atoms in total. The Hall–Kier alpha value is -1.22. The normalized spacial score (nSPS) is 19.6. The minimum absolute atomic E-state index is 0.0838. The lowest BCUT2D eigenvalue weighted by atomic mass is 9.86. The van der Waals surface area contributed by atoms with Crippen LogP contribution in [0.3, 0.4) is 0 Å². The van der Waals surface area contributed by atoms with Crippen LogP contribution in [0.25, 0.3) is 0 Å². The van der Waals surface area contributed by atoms with Crippen molar-refractivity contribution in [3.63, 3.8) is 0 Å². The average molecular weight is 222 g/mol. The molecule has 0 amide bonds.